The molecule has 0 radical (unpaired) electrons. The molecule has 0 aliphatic carbocycles. The lowest BCUT2D eigenvalue weighted by Crippen LogP contribution is -2.22. The molecule has 0 spiro atoms. The first-order valence-electron chi connectivity index (χ1n) is 8.31. The number of rotatable bonds is 6. The number of benzene rings is 1. The van der Waals surface area contributed by atoms with E-state index in [1.165, 1.54) is 0 Å². The van der Waals surface area contributed by atoms with Crippen LogP contribution in [0.4, 0.5) is 15.8 Å². The van der Waals surface area contributed by atoms with Gasteiger partial charge in [-0.3, -0.25) is 14.7 Å². The lowest BCUT2D eigenvalue weighted by molar-refractivity contribution is -0.117. The van der Waals surface area contributed by atoms with Crippen LogP contribution in [0.3, 0.4) is 0 Å². The van der Waals surface area contributed by atoms with Crippen LogP contribution in [0.5, 0.6) is 0 Å². The van der Waals surface area contributed by atoms with Crippen LogP contribution in [0.2, 0.25) is 0 Å². The Labute approximate surface area is 160 Å². The SMILES string of the molecule is Cc1n[nH]c(C)c1[C@@H](C)C(=O)Nc1sc(Nc2ccccc2)nc1C(N)=O. The summed E-state index contributed by atoms with van der Waals surface area (Å²) < 4.78 is 0. The van der Waals surface area contributed by atoms with Crippen LogP contribution in [-0.2, 0) is 4.79 Å². The van der Waals surface area contributed by atoms with Crippen LogP contribution in [-0.4, -0.2) is 27.0 Å². The number of nitrogens with zero attached hydrogens (tertiary/aromatic N) is 2. The molecule has 140 valence electrons. The zero-order chi connectivity index (χ0) is 19.6. The molecule has 8 nitrogen and oxygen atoms in total. The lowest BCUT2D eigenvalue weighted by Gasteiger charge is -2.12. The fraction of sp³-hybridized carbons (Fsp3) is 0.222. The largest absolute Gasteiger partial charge is 0.364 e. The van der Waals surface area contributed by atoms with Gasteiger partial charge < -0.3 is 16.4 Å². The van der Waals surface area contributed by atoms with E-state index in [4.69, 9.17) is 5.73 Å². The Bertz CT molecular complexity index is 960. The number of hydrogen-bond acceptors (Lipinski definition) is 6. The number of aromatic amines is 1. The van der Waals surface area contributed by atoms with E-state index < -0.39 is 11.8 Å². The molecule has 0 unspecified atom stereocenters. The normalized spacial score (nSPS) is 11.8. The third kappa shape index (κ3) is 3.98. The summed E-state index contributed by atoms with van der Waals surface area (Å²) >= 11 is 1.16. The van der Waals surface area contributed by atoms with Crippen LogP contribution in [0.15, 0.2) is 30.3 Å². The van der Waals surface area contributed by atoms with Crippen molar-refractivity contribution in [2.45, 2.75) is 26.7 Å². The third-order valence-electron chi connectivity index (χ3n) is 4.13. The Morgan fingerprint density at radius 2 is 1.93 bits per heavy atom. The minimum atomic E-state index is -0.703. The molecule has 5 N–H and O–H groups in total. The summed E-state index contributed by atoms with van der Waals surface area (Å²) in [6.45, 7) is 5.49. The molecule has 0 saturated carbocycles. The predicted octanol–water partition coefficient (Wildman–Crippen LogP) is 3.07. The van der Waals surface area contributed by atoms with Gasteiger partial charge >= 0.3 is 0 Å². The minimum absolute atomic E-state index is 0.0274. The summed E-state index contributed by atoms with van der Waals surface area (Å²) in [5.41, 5.74) is 8.70. The van der Waals surface area contributed by atoms with Gasteiger partial charge in [-0.15, -0.1) is 0 Å². The number of aromatic nitrogens is 3. The van der Waals surface area contributed by atoms with Crippen molar-refractivity contribution in [3.63, 3.8) is 0 Å². The summed E-state index contributed by atoms with van der Waals surface area (Å²) in [6.07, 6.45) is 0. The Morgan fingerprint density at radius 1 is 1.22 bits per heavy atom. The van der Waals surface area contributed by atoms with E-state index in [9.17, 15) is 9.59 Å². The van der Waals surface area contributed by atoms with E-state index in [-0.39, 0.29) is 11.6 Å². The molecule has 3 aromatic rings. The van der Waals surface area contributed by atoms with Gasteiger partial charge in [0.1, 0.15) is 5.00 Å². The van der Waals surface area contributed by atoms with E-state index in [2.05, 4.69) is 25.8 Å². The van der Waals surface area contributed by atoms with Crippen molar-refractivity contribution in [2.75, 3.05) is 10.6 Å². The van der Waals surface area contributed by atoms with E-state index in [0.29, 0.717) is 10.1 Å². The number of primary amides is 1. The molecule has 0 aliphatic heterocycles. The van der Waals surface area contributed by atoms with Crippen molar-refractivity contribution in [2.24, 2.45) is 5.73 Å². The summed E-state index contributed by atoms with van der Waals surface area (Å²) in [5.74, 6) is -1.41. The van der Waals surface area contributed by atoms with Crippen LogP contribution in [0.25, 0.3) is 0 Å². The second-order valence-corrected chi connectivity index (χ2v) is 7.11. The molecule has 2 amide bonds. The first-order chi connectivity index (χ1) is 12.9. The van der Waals surface area contributed by atoms with Gasteiger partial charge in [-0.25, -0.2) is 4.98 Å². The molecule has 0 aliphatic rings. The molecule has 9 heteroatoms. The second-order valence-electron chi connectivity index (χ2n) is 6.11. The van der Waals surface area contributed by atoms with Gasteiger partial charge in [-0.2, -0.15) is 5.10 Å². The number of H-pyrrole nitrogens is 1. The minimum Gasteiger partial charge on any atom is -0.364 e. The topological polar surface area (TPSA) is 126 Å². The Morgan fingerprint density at radius 3 is 2.52 bits per heavy atom. The van der Waals surface area contributed by atoms with Gasteiger partial charge in [0, 0.05) is 16.9 Å². The maximum absolute atomic E-state index is 12.7. The van der Waals surface area contributed by atoms with Gasteiger partial charge in [0.15, 0.2) is 10.8 Å². The molecule has 0 bridgehead atoms. The first-order valence-corrected chi connectivity index (χ1v) is 9.13. The van der Waals surface area contributed by atoms with Crippen molar-refractivity contribution in [1.82, 2.24) is 15.2 Å². The van der Waals surface area contributed by atoms with Crippen LogP contribution >= 0.6 is 11.3 Å². The Balaban J connectivity index is 1.83. The highest BCUT2D eigenvalue weighted by Gasteiger charge is 2.24. The maximum atomic E-state index is 12.7. The number of anilines is 3. The molecular weight excluding hydrogens is 364 g/mol. The molecule has 2 heterocycles. The number of nitrogens with one attached hydrogen (secondary N) is 3. The van der Waals surface area contributed by atoms with E-state index in [1.807, 2.05) is 44.2 Å². The molecule has 0 saturated heterocycles. The van der Waals surface area contributed by atoms with Crippen molar-refractivity contribution < 1.29 is 9.59 Å². The number of thiazole rings is 1. The molecule has 2 aromatic heterocycles. The van der Waals surface area contributed by atoms with E-state index in [0.717, 1.165) is 34.0 Å². The number of carbonyl (C=O) groups excluding carboxylic acids is 2. The van der Waals surface area contributed by atoms with Crippen LogP contribution in [0.1, 0.15) is 40.3 Å². The second kappa shape index (κ2) is 7.58. The molecular formula is C18H20N6O2S. The van der Waals surface area contributed by atoms with Gasteiger partial charge in [0.05, 0.1) is 11.6 Å². The number of para-hydroxylation sites is 1. The van der Waals surface area contributed by atoms with Gasteiger partial charge in [0.2, 0.25) is 5.91 Å². The van der Waals surface area contributed by atoms with Crippen molar-refractivity contribution in [3.8, 4) is 0 Å². The quantitative estimate of drug-likeness (QED) is 0.520. The zero-order valence-electron chi connectivity index (χ0n) is 15.2. The van der Waals surface area contributed by atoms with Crippen molar-refractivity contribution in [1.29, 1.82) is 0 Å². The van der Waals surface area contributed by atoms with Crippen LogP contribution < -0.4 is 16.4 Å². The molecule has 3 rings (SSSR count). The monoisotopic (exact) mass is 384 g/mol. The highest BCUT2D eigenvalue weighted by Crippen LogP contribution is 2.32. The van der Waals surface area contributed by atoms with Gasteiger partial charge in [-0.1, -0.05) is 29.5 Å². The standard InChI is InChI=1S/C18H20N6O2S/c1-9(13-10(2)23-24-11(13)3)16(26)22-17-14(15(19)25)21-18(27-17)20-12-7-5-4-6-8-12/h4-9H,1-3H3,(H2,19,25)(H,20,21)(H,22,26)(H,23,24)/t9-/m1/s1. The number of amides is 2. The third-order valence-corrected chi connectivity index (χ3v) is 5.02. The van der Waals surface area contributed by atoms with Crippen molar-refractivity contribution in [3.05, 3.63) is 53.0 Å². The zero-order valence-corrected chi connectivity index (χ0v) is 16.0. The lowest BCUT2D eigenvalue weighted by atomic mass is 9.98. The average molecular weight is 384 g/mol. The number of carbonyl (C=O) groups is 2. The highest BCUT2D eigenvalue weighted by molar-refractivity contribution is 7.20. The van der Waals surface area contributed by atoms with E-state index in [1.54, 1.807) is 6.92 Å². The fourth-order valence-electron chi connectivity index (χ4n) is 2.82. The van der Waals surface area contributed by atoms with Crippen molar-refractivity contribution >= 4 is 39.0 Å². The summed E-state index contributed by atoms with van der Waals surface area (Å²) in [7, 11) is 0. The Kier molecular flexibility index (Phi) is 5.22. The molecule has 0 fully saturated rings. The fourth-order valence-corrected chi connectivity index (χ4v) is 3.71. The summed E-state index contributed by atoms with van der Waals surface area (Å²) in [6, 6.07) is 9.40. The Hall–Kier alpha value is -3.20. The smallest absolute Gasteiger partial charge is 0.270 e. The summed E-state index contributed by atoms with van der Waals surface area (Å²) in [5, 5.41) is 13.7. The van der Waals surface area contributed by atoms with E-state index >= 15 is 0 Å². The molecule has 1 atom stereocenters. The molecule has 27 heavy (non-hydrogen) atoms. The van der Waals surface area contributed by atoms with Gasteiger partial charge in [-0.05, 0) is 32.9 Å². The first kappa shape index (κ1) is 18.6. The number of aryl methyl sites for hydroxylation is 2. The predicted molar refractivity (Wildman–Crippen MR) is 105 cm³/mol. The van der Waals surface area contributed by atoms with Crippen LogP contribution in [0, 0.1) is 13.8 Å². The summed E-state index contributed by atoms with van der Waals surface area (Å²) in [4.78, 5) is 28.7. The average Bonchev–Trinajstić information content (AvgIpc) is 3.18. The number of nitrogens with two attached hydrogens (primary N) is 1. The van der Waals surface area contributed by atoms with Gasteiger partial charge in [0.25, 0.3) is 5.91 Å². The maximum Gasteiger partial charge on any atom is 0.270 e. The highest BCUT2D eigenvalue weighted by atomic mass is 32.1. The number of hydrogen-bond donors (Lipinski definition) is 4. The molecule has 1 aromatic carbocycles.